The Morgan fingerprint density at radius 1 is 1.35 bits per heavy atom. The number of nitrogens with zero attached hydrogens (tertiary/aromatic N) is 1. The number of ether oxygens (including phenoxy) is 1. The highest BCUT2D eigenvalue weighted by molar-refractivity contribution is 14.0. The van der Waals surface area contributed by atoms with Crippen molar-refractivity contribution in [2.75, 3.05) is 32.0 Å². The lowest BCUT2D eigenvalue weighted by Gasteiger charge is -2.13. The van der Waals surface area contributed by atoms with Gasteiger partial charge in [-0.25, -0.2) is 0 Å². The number of thioether (sulfide) groups is 1. The molecule has 4 N–H and O–H groups in total. The summed E-state index contributed by atoms with van der Waals surface area (Å²) in [5.41, 5.74) is 6.26. The van der Waals surface area contributed by atoms with Crippen molar-refractivity contribution in [3.63, 3.8) is 0 Å². The lowest BCUT2D eigenvalue weighted by Crippen LogP contribution is -2.38. The molecule has 0 radical (unpaired) electrons. The summed E-state index contributed by atoms with van der Waals surface area (Å²) in [6, 6.07) is 7.71. The van der Waals surface area contributed by atoms with Crippen LogP contribution < -0.4 is 21.1 Å². The molecule has 146 valence electrons. The summed E-state index contributed by atoms with van der Waals surface area (Å²) in [5, 5.41) is 7.35. The van der Waals surface area contributed by atoms with Gasteiger partial charge in [-0.1, -0.05) is 12.1 Å². The molecule has 0 saturated carbocycles. The van der Waals surface area contributed by atoms with Crippen LogP contribution in [0.2, 0.25) is 0 Å². The summed E-state index contributed by atoms with van der Waals surface area (Å²) in [6.07, 6.45) is 3.48. The monoisotopic (exact) mass is 492 g/mol. The van der Waals surface area contributed by atoms with Gasteiger partial charge in [-0.2, -0.15) is 11.8 Å². The number of carbonyl (C=O) groups excluding carboxylic acids is 1. The lowest BCUT2D eigenvalue weighted by molar-refractivity contribution is -0.119. The molecule has 0 spiro atoms. The van der Waals surface area contributed by atoms with Crippen molar-refractivity contribution >= 4 is 47.6 Å². The van der Waals surface area contributed by atoms with E-state index in [0.717, 1.165) is 32.0 Å². The van der Waals surface area contributed by atoms with Crippen LogP contribution in [0.25, 0.3) is 0 Å². The van der Waals surface area contributed by atoms with Crippen molar-refractivity contribution in [2.45, 2.75) is 31.4 Å². The number of carbonyl (C=O) groups is 1. The second-order valence-electron chi connectivity index (χ2n) is 5.93. The maximum absolute atomic E-state index is 10.7. The minimum absolute atomic E-state index is 0. The van der Waals surface area contributed by atoms with E-state index in [9.17, 15) is 4.79 Å². The Morgan fingerprint density at radius 2 is 2.12 bits per heavy atom. The molecule has 1 fully saturated rings. The molecule has 1 saturated heterocycles. The van der Waals surface area contributed by atoms with Gasteiger partial charge in [0.15, 0.2) is 12.6 Å². The average molecular weight is 492 g/mol. The van der Waals surface area contributed by atoms with Gasteiger partial charge in [-0.3, -0.25) is 9.79 Å². The Morgan fingerprint density at radius 3 is 2.73 bits per heavy atom. The highest BCUT2D eigenvalue weighted by Gasteiger charge is 2.14. The molecule has 1 aliphatic heterocycles. The highest BCUT2D eigenvalue weighted by atomic mass is 127. The number of amides is 1. The molecule has 0 aliphatic carbocycles. The Kier molecular flexibility index (Phi) is 11.5. The van der Waals surface area contributed by atoms with Crippen LogP contribution in [0.15, 0.2) is 29.3 Å². The van der Waals surface area contributed by atoms with Crippen LogP contribution in [-0.2, 0) is 11.2 Å². The molecule has 8 heteroatoms. The van der Waals surface area contributed by atoms with Gasteiger partial charge in [0.05, 0.1) is 6.54 Å². The van der Waals surface area contributed by atoms with E-state index < -0.39 is 5.91 Å². The molecule has 1 aromatic carbocycles. The van der Waals surface area contributed by atoms with Crippen LogP contribution >= 0.6 is 35.7 Å². The average Bonchev–Trinajstić information content (AvgIpc) is 3.12. The summed E-state index contributed by atoms with van der Waals surface area (Å²) in [7, 11) is 0. The summed E-state index contributed by atoms with van der Waals surface area (Å²) < 4.78 is 5.26. The predicted molar refractivity (Wildman–Crippen MR) is 120 cm³/mol. The summed E-state index contributed by atoms with van der Waals surface area (Å²) in [5.74, 6) is 2.33. The lowest BCUT2D eigenvalue weighted by atomic mass is 10.1. The maximum atomic E-state index is 10.7. The van der Waals surface area contributed by atoms with Gasteiger partial charge in [-0.15, -0.1) is 24.0 Å². The molecule has 6 nitrogen and oxygen atoms in total. The molecule has 26 heavy (non-hydrogen) atoms. The second kappa shape index (κ2) is 13.1. The molecule has 1 aromatic rings. The molecular weight excluding hydrogens is 463 g/mol. The smallest absolute Gasteiger partial charge is 0.255 e. The van der Waals surface area contributed by atoms with E-state index >= 15 is 0 Å². The van der Waals surface area contributed by atoms with E-state index in [1.807, 2.05) is 36.0 Å². The first-order valence-electron chi connectivity index (χ1n) is 8.81. The Bertz CT molecular complexity index is 563. The van der Waals surface area contributed by atoms with Gasteiger partial charge in [-0.05, 0) is 49.6 Å². The van der Waals surface area contributed by atoms with Crippen LogP contribution in [0.5, 0.6) is 5.75 Å². The second-order valence-corrected chi connectivity index (χ2v) is 7.34. The van der Waals surface area contributed by atoms with E-state index in [2.05, 4.69) is 17.6 Å². The topological polar surface area (TPSA) is 88.7 Å². The van der Waals surface area contributed by atoms with Crippen LogP contribution in [0.1, 0.15) is 25.3 Å². The first-order valence-corrected chi connectivity index (χ1v) is 9.86. The largest absolute Gasteiger partial charge is 0.484 e. The number of hydrogen-bond donors (Lipinski definition) is 3. The number of nitrogens with two attached hydrogens (primary N) is 1. The molecule has 2 rings (SSSR count). The summed E-state index contributed by atoms with van der Waals surface area (Å²) >= 11 is 2.03. The standard InChI is InChI=1S/C18H28N4O2S.HI/c1-2-20-18(22-12-16-4-3-11-25-16)21-10-9-14-5-7-15(8-6-14)24-13-17(19)23;/h5-8,16H,2-4,9-13H2,1H3,(H2,19,23)(H2,20,21,22);1H. The quantitative estimate of drug-likeness (QED) is 0.280. The Labute approximate surface area is 177 Å². The molecular formula is C18H29IN4O2S. The van der Waals surface area contributed by atoms with Gasteiger partial charge in [0.1, 0.15) is 5.75 Å². The van der Waals surface area contributed by atoms with Crippen LogP contribution in [0, 0.1) is 0 Å². The van der Waals surface area contributed by atoms with Crippen molar-refractivity contribution in [2.24, 2.45) is 10.7 Å². The van der Waals surface area contributed by atoms with Gasteiger partial charge in [0, 0.05) is 18.3 Å². The Balaban J connectivity index is 0.00000338. The normalized spacial score (nSPS) is 16.7. The fraction of sp³-hybridized carbons (Fsp3) is 0.556. The first kappa shape index (κ1) is 22.9. The van der Waals surface area contributed by atoms with Gasteiger partial charge >= 0.3 is 0 Å². The molecule has 1 amide bonds. The van der Waals surface area contributed by atoms with E-state index in [1.54, 1.807) is 0 Å². The highest BCUT2D eigenvalue weighted by Crippen LogP contribution is 2.25. The molecule has 1 unspecified atom stereocenters. The third kappa shape index (κ3) is 8.98. The van der Waals surface area contributed by atoms with Crippen molar-refractivity contribution in [3.8, 4) is 5.75 Å². The van der Waals surface area contributed by atoms with Gasteiger partial charge in [0.2, 0.25) is 0 Å². The van der Waals surface area contributed by atoms with E-state index in [-0.39, 0.29) is 30.6 Å². The minimum Gasteiger partial charge on any atom is -0.484 e. The van der Waals surface area contributed by atoms with Crippen molar-refractivity contribution in [1.82, 2.24) is 10.6 Å². The summed E-state index contributed by atoms with van der Waals surface area (Å²) in [6.45, 7) is 4.53. The van der Waals surface area contributed by atoms with Gasteiger partial charge < -0.3 is 21.1 Å². The zero-order chi connectivity index (χ0) is 17.9. The van der Waals surface area contributed by atoms with E-state index in [0.29, 0.717) is 11.0 Å². The number of rotatable bonds is 9. The van der Waals surface area contributed by atoms with Gasteiger partial charge in [0.25, 0.3) is 5.91 Å². The van der Waals surface area contributed by atoms with E-state index in [1.165, 1.54) is 24.2 Å². The fourth-order valence-electron chi connectivity index (χ4n) is 2.56. The van der Waals surface area contributed by atoms with Crippen LogP contribution in [0.4, 0.5) is 0 Å². The molecule has 0 aromatic heterocycles. The SMILES string of the molecule is CCNC(=NCC1CCCS1)NCCc1ccc(OCC(N)=O)cc1.I. The molecule has 1 aliphatic rings. The molecule has 1 heterocycles. The number of primary amides is 1. The number of guanidine groups is 1. The predicted octanol–water partition coefficient (Wildman–Crippen LogP) is 2.16. The molecule has 0 bridgehead atoms. The van der Waals surface area contributed by atoms with Crippen LogP contribution in [-0.4, -0.2) is 49.1 Å². The first-order chi connectivity index (χ1) is 12.2. The fourth-order valence-corrected chi connectivity index (χ4v) is 3.74. The zero-order valence-corrected chi connectivity index (χ0v) is 18.3. The third-order valence-electron chi connectivity index (χ3n) is 3.83. The maximum Gasteiger partial charge on any atom is 0.255 e. The van der Waals surface area contributed by atoms with Crippen molar-refractivity contribution < 1.29 is 9.53 Å². The number of hydrogen-bond acceptors (Lipinski definition) is 4. The van der Waals surface area contributed by atoms with Crippen molar-refractivity contribution in [3.05, 3.63) is 29.8 Å². The minimum atomic E-state index is -0.473. The third-order valence-corrected chi connectivity index (χ3v) is 5.21. The van der Waals surface area contributed by atoms with Crippen molar-refractivity contribution in [1.29, 1.82) is 0 Å². The van der Waals surface area contributed by atoms with Crippen LogP contribution in [0.3, 0.4) is 0 Å². The number of halogens is 1. The summed E-state index contributed by atoms with van der Waals surface area (Å²) in [4.78, 5) is 15.4. The Hall–Kier alpha value is -1.16. The van der Waals surface area contributed by atoms with E-state index in [4.69, 9.17) is 15.5 Å². The number of aliphatic imine (C=N–C) groups is 1. The number of benzene rings is 1. The zero-order valence-electron chi connectivity index (χ0n) is 15.2. The number of nitrogens with one attached hydrogen (secondary N) is 2. The molecule has 1 atom stereocenters.